The minimum atomic E-state index is -2.34. The van der Waals surface area contributed by atoms with Gasteiger partial charge in [-0.25, -0.2) is 0 Å². The first-order valence-electron chi connectivity index (χ1n) is 11.0. The van der Waals surface area contributed by atoms with Crippen LogP contribution in [0.1, 0.15) is 16.7 Å². The van der Waals surface area contributed by atoms with Crippen molar-refractivity contribution in [2.75, 3.05) is 42.3 Å². The van der Waals surface area contributed by atoms with Crippen LogP contribution in [-0.4, -0.2) is 57.0 Å². The summed E-state index contributed by atoms with van der Waals surface area (Å²) in [7, 11) is 13.0. The molecule has 0 aliphatic carbocycles. The van der Waals surface area contributed by atoms with Gasteiger partial charge >= 0.3 is 198 Å². The average Bonchev–Trinajstić information content (AvgIpc) is 2.70. The van der Waals surface area contributed by atoms with Gasteiger partial charge in [-0.3, -0.25) is 0 Å². The van der Waals surface area contributed by atoms with Crippen LogP contribution in [-0.2, 0) is 41.1 Å². The molecule has 31 heavy (non-hydrogen) atoms. The molecular weight excluding hydrogens is 411 g/mol. The molecule has 0 amide bonds. The van der Waals surface area contributed by atoms with E-state index in [1.807, 2.05) is 0 Å². The molecule has 0 atom stereocenters. The third-order valence-electron chi connectivity index (χ3n) is 5.56. The molecule has 0 aliphatic heterocycles. The Labute approximate surface area is 196 Å². The van der Waals surface area contributed by atoms with E-state index in [2.05, 4.69) is 130 Å². The number of benzene rings is 3. The van der Waals surface area contributed by atoms with E-state index in [0.717, 1.165) is 19.6 Å². The van der Waals surface area contributed by atoms with Gasteiger partial charge in [0.1, 0.15) is 0 Å². The molecule has 3 nitrogen and oxygen atoms in total. The number of rotatable bonds is 9. The Morgan fingerprint density at radius 3 is 0.968 bits per heavy atom. The van der Waals surface area contributed by atoms with Crippen LogP contribution < -0.4 is 9.96 Å². The van der Waals surface area contributed by atoms with E-state index in [1.165, 1.54) is 16.7 Å². The van der Waals surface area contributed by atoms with Gasteiger partial charge < -0.3 is 0 Å². The fourth-order valence-corrected chi connectivity index (χ4v) is 10.0. The molecule has 3 aromatic rings. The first-order chi connectivity index (χ1) is 14.9. The second kappa shape index (κ2) is 11.3. The molecule has 0 radical (unpaired) electrons. The van der Waals surface area contributed by atoms with Crippen molar-refractivity contribution in [1.29, 1.82) is 0 Å². The first-order valence-corrected chi connectivity index (χ1v) is 13.7. The quantitative estimate of drug-likeness (QED) is 0.500. The molecule has 0 saturated heterocycles. The maximum atomic E-state index is 2.41. The van der Waals surface area contributed by atoms with Crippen LogP contribution in [0.25, 0.3) is 0 Å². The van der Waals surface area contributed by atoms with E-state index in [1.54, 1.807) is 9.96 Å². The summed E-state index contributed by atoms with van der Waals surface area (Å²) in [5, 5.41) is 0. The Hall–Kier alpha value is -1.59. The van der Waals surface area contributed by atoms with Crippen LogP contribution in [0, 0.1) is 0 Å². The van der Waals surface area contributed by atoms with E-state index in [0.29, 0.717) is 0 Å². The van der Waals surface area contributed by atoms with E-state index < -0.39 is 21.4 Å². The molecule has 0 spiro atoms. The van der Waals surface area contributed by atoms with E-state index in [-0.39, 0.29) is 0 Å². The third-order valence-corrected chi connectivity index (χ3v) is 11.1. The fourth-order valence-electron chi connectivity index (χ4n) is 4.40. The Morgan fingerprint density at radius 1 is 0.452 bits per heavy atom. The molecule has 0 unspecified atom stereocenters. The number of nitrogens with zero attached hydrogens (tertiary/aromatic N) is 3. The molecule has 0 heterocycles. The summed E-state index contributed by atoms with van der Waals surface area (Å²) in [4.78, 5) is 6.86. The van der Waals surface area contributed by atoms with Gasteiger partial charge in [0.25, 0.3) is 0 Å². The van der Waals surface area contributed by atoms with Gasteiger partial charge in [-0.15, -0.1) is 0 Å². The predicted octanol–water partition coefficient (Wildman–Crippen LogP) is 2.77. The van der Waals surface area contributed by atoms with Gasteiger partial charge in [0.05, 0.1) is 0 Å². The van der Waals surface area contributed by atoms with Gasteiger partial charge in [-0.1, -0.05) is 0 Å². The van der Waals surface area contributed by atoms with Crippen molar-refractivity contribution in [3.05, 3.63) is 89.5 Å². The van der Waals surface area contributed by atoms with Crippen molar-refractivity contribution < 1.29 is 21.4 Å². The minimum absolute atomic E-state index is 0.976. The SMILES string of the molecule is CN(C)Cc1cccc[c]1[Sc]([c]1ccccc1CN(C)C)[c]1ccccc1CN(C)C. The first kappa shape index (κ1) is 24.1. The molecule has 0 aromatic heterocycles. The standard InChI is InChI=1S/3C9H12N.Sc/c3*1-10(2)8-9-6-4-3-5-7-9;/h3*3-6H,8H2,1-2H3;. The van der Waals surface area contributed by atoms with Gasteiger partial charge in [-0.2, -0.15) is 0 Å². The summed E-state index contributed by atoms with van der Waals surface area (Å²) in [5.41, 5.74) is 4.41. The molecular formula is C27H36N3Sc. The van der Waals surface area contributed by atoms with Gasteiger partial charge in [0.2, 0.25) is 0 Å². The molecule has 3 rings (SSSR count). The van der Waals surface area contributed by atoms with Crippen LogP contribution in [0.15, 0.2) is 72.8 Å². The molecule has 0 saturated carbocycles. The zero-order valence-electron chi connectivity index (χ0n) is 20.0. The van der Waals surface area contributed by atoms with Crippen molar-refractivity contribution in [3.63, 3.8) is 0 Å². The molecule has 3 aromatic carbocycles. The average molecular weight is 448 g/mol. The monoisotopic (exact) mass is 447 g/mol. The maximum absolute atomic E-state index is 2.41. The zero-order valence-corrected chi connectivity index (χ0v) is 21.8. The van der Waals surface area contributed by atoms with Gasteiger partial charge in [-0.05, 0) is 0 Å². The van der Waals surface area contributed by atoms with Crippen molar-refractivity contribution in [3.8, 4) is 0 Å². The van der Waals surface area contributed by atoms with Crippen molar-refractivity contribution >= 4 is 9.96 Å². The summed E-state index contributed by atoms with van der Waals surface area (Å²) >= 11 is -2.34. The van der Waals surface area contributed by atoms with Crippen molar-refractivity contribution in [2.45, 2.75) is 19.6 Å². The van der Waals surface area contributed by atoms with Crippen LogP contribution in [0.3, 0.4) is 0 Å². The van der Waals surface area contributed by atoms with Gasteiger partial charge in [0, 0.05) is 0 Å². The van der Waals surface area contributed by atoms with Crippen molar-refractivity contribution in [2.24, 2.45) is 0 Å². The summed E-state index contributed by atoms with van der Waals surface area (Å²) in [6.45, 7) is 2.93. The van der Waals surface area contributed by atoms with Gasteiger partial charge in [0.15, 0.2) is 0 Å². The van der Waals surface area contributed by atoms with Crippen LogP contribution in [0.2, 0.25) is 0 Å². The number of hydrogen-bond acceptors (Lipinski definition) is 3. The van der Waals surface area contributed by atoms with E-state index in [4.69, 9.17) is 0 Å². The molecule has 0 N–H and O–H groups in total. The fraction of sp³-hybridized carbons (Fsp3) is 0.333. The topological polar surface area (TPSA) is 9.72 Å². The molecule has 162 valence electrons. The van der Waals surface area contributed by atoms with Crippen LogP contribution in [0.4, 0.5) is 0 Å². The van der Waals surface area contributed by atoms with Crippen LogP contribution in [0.5, 0.6) is 0 Å². The van der Waals surface area contributed by atoms with Crippen molar-refractivity contribution in [1.82, 2.24) is 14.7 Å². The Balaban J connectivity index is 2.26. The third kappa shape index (κ3) is 6.45. The van der Waals surface area contributed by atoms with Crippen LogP contribution >= 0.6 is 0 Å². The summed E-state index contributed by atoms with van der Waals surface area (Å²) in [6.07, 6.45) is 0. The molecule has 0 bridgehead atoms. The van der Waals surface area contributed by atoms with E-state index in [9.17, 15) is 0 Å². The normalized spacial score (nSPS) is 11.5. The summed E-state index contributed by atoms with van der Waals surface area (Å²) < 4.78 is 4.75. The number of hydrogen-bond donors (Lipinski definition) is 0. The predicted molar refractivity (Wildman–Crippen MR) is 130 cm³/mol. The summed E-state index contributed by atoms with van der Waals surface area (Å²) in [5.74, 6) is 0. The summed E-state index contributed by atoms with van der Waals surface area (Å²) in [6, 6.07) is 27.5. The molecule has 0 aliphatic rings. The second-order valence-corrected chi connectivity index (χ2v) is 13.5. The van der Waals surface area contributed by atoms with E-state index >= 15 is 0 Å². The Morgan fingerprint density at radius 2 is 0.710 bits per heavy atom. The molecule has 4 heteroatoms. The second-order valence-electron chi connectivity index (χ2n) is 9.24. The Kier molecular flexibility index (Phi) is 8.79. The molecule has 0 fully saturated rings. The zero-order chi connectivity index (χ0) is 22.4. The Bertz CT molecular complexity index is 854.